The Bertz CT molecular complexity index is 1580. The van der Waals surface area contributed by atoms with Gasteiger partial charge in [-0.25, -0.2) is 4.79 Å². The summed E-state index contributed by atoms with van der Waals surface area (Å²) >= 11 is 6.05. The molecule has 2 aromatic carbocycles. The highest BCUT2D eigenvalue weighted by atomic mass is 35.5. The van der Waals surface area contributed by atoms with Crippen LogP contribution in [0, 0.1) is 5.92 Å². The number of aliphatic hydroxyl groups is 1. The van der Waals surface area contributed by atoms with Crippen molar-refractivity contribution in [2.75, 3.05) is 39.3 Å². The fraction of sp³-hybridized carbons (Fsp3) is 0.417. The van der Waals surface area contributed by atoms with E-state index < -0.39 is 11.7 Å². The molecule has 0 radical (unpaired) electrons. The van der Waals surface area contributed by atoms with E-state index >= 15 is 0 Å². The van der Waals surface area contributed by atoms with Crippen molar-refractivity contribution < 1.29 is 28.9 Å². The molecule has 1 aromatic heterocycles. The second-order valence-corrected chi connectivity index (χ2v) is 12.5. The van der Waals surface area contributed by atoms with Crippen LogP contribution in [0.4, 0.5) is 4.79 Å². The van der Waals surface area contributed by atoms with Crippen LogP contribution in [-0.4, -0.2) is 71.3 Å². The van der Waals surface area contributed by atoms with Crippen molar-refractivity contribution in [3.63, 3.8) is 0 Å². The molecule has 0 aliphatic carbocycles. The van der Waals surface area contributed by atoms with E-state index in [4.69, 9.17) is 25.8 Å². The van der Waals surface area contributed by atoms with Gasteiger partial charge in [0.1, 0.15) is 18.1 Å². The maximum Gasteiger partial charge on any atom is 0.415 e. The van der Waals surface area contributed by atoms with Gasteiger partial charge in [-0.05, 0) is 86.6 Å². The van der Waals surface area contributed by atoms with Crippen LogP contribution < -0.4 is 9.47 Å². The normalized spacial score (nSPS) is 19.0. The number of piperidine rings is 2. The number of nitrogens with zero attached hydrogens (tertiary/aromatic N) is 3. The summed E-state index contributed by atoms with van der Waals surface area (Å²) in [7, 11) is 0. The van der Waals surface area contributed by atoms with Gasteiger partial charge in [0.2, 0.25) is 0 Å². The van der Waals surface area contributed by atoms with Crippen LogP contribution in [0.3, 0.4) is 0 Å². The van der Waals surface area contributed by atoms with E-state index in [2.05, 4.69) is 16.0 Å². The summed E-state index contributed by atoms with van der Waals surface area (Å²) in [6, 6.07) is 16.9. The predicted molar refractivity (Wildman–Crippen MR) is 175 cm³/mol. The molecule has 6 rings (SSSR count). The molecule has 3 aromatic rings. The zero-order chi connectivity index (χ0) is 32.1. The number of carbonyl (C=O) groups is 2. The lowest BCUT2D eigenvalue weighted by Gasteiger charge is -2.38. The number of benzene rings is 2. The number of hydrogen-bond acceptors (Lipinski definition) is 8. The van der Waals surface area contributed by atoms with Crippen LogP contribution in [0.2, 0.25) is 5.02 Å². The highest BCUT2D eigenvalue weighted by molar-refractivity contribution is 6.30. The lowest BCUT2D eigenvalue weighted by atomic mass is 9.84. The van der Waals surface area contributed by atoms with E-state index in [0.29, 0.717) is 68.5 Å². The first-order valence-corrected chi connectivity index (χ1v) is 16.5. The zero-order valence-electron chi connectivity index (χ0n) is 26.1. The number of aromatic nitrogens is 1. The van der Waals surface area contributed by atoms with Crippen LogP contribution >= 0.6 is 11.6 Å². The average molecular weight is 646 g/mol. The van der Waals surface area contributed by atoms with Gasteiger partial charge < -0.3 is 29.1 Å². The second kappa shape index (κ2) is 14.2. The highest BCUT2D eigenvalue weighted by Crippen LogP contribution is 2.39. The first kappa shape index (κ1) is 32.0. The minimum Gasteiger partial charge on any atom is -0.487 e. The molecule has 0 spiro atoms. The number of amides is 1. The Morgan fingerprint density at radius 3 is 2.57 bits per heavy atom. The third kappa shape index (κ3) is 7.22. The fourth-order valence-electron chi connectivity index (χ4n) is 6.53. The van der Waals surface area contributed by atoms with Crippen molar-refractivity contribution in [3.05, 3.63) is 94.3 Å². The molecule has 3 aliphatic rings. The molecular formula is C36H40ClN3O6. The molecule has 1 N–H and O–H groups in total. The third-order valence-corrected chi connectivity index (χ3v) is 9.47. The summed E-state index contributed by atoms with van der Waals surface area (Å²) in [6.07, 6.45) is 6.74. The monoisotopic (exact) mass is 645 g/mol. The number of likely N-dealkylation sites (tertiary alicyclic amines) is 2. The molecule has 3 aliphatic heterocycles. The number of halogens is 1. The van der Waals surface area contributed by atoms with Gasteiger partial charge in [-0.2, -0.15) is 0 Å². The maximum atomic E-state index is 13.1. The van der Waals surface area contributed by atoms with E-state index in [-0.39, 0.29) is 11.9 Å². The van der Waals surface area contributed by atoms with E-state index in [1.165, 1.54) is 0 Å². The molecular weight excluding hydrogens is 606 g/mol. The maximum absolute atomic E-state index is 13.1. The Morgan fingerprint density at radius 1 is 1.07 bits per heavy atom. The quantitative estimate of drug-likeness (QED) is 0.303. The van der Waals surface area contributed by atoms with Gasteiger partial charge in [0.25, 0.3) is 0 Å². The summed E-state index contributed by atoms with van der Waals surface area (Å²) in [5.74, 6) is 0.741. The third-order valence-electron chi connectivity index (χ3n) is 9.22. The van der Waals surface area contributed by atoms with Crippen LogP contribution in [0.25, 0.3) is 5.57 Å². The van der Waals surface area contributed by atoms with Crippen molar-refractivity contribution >= 4 is 29.2 Å². The molecule has 9 nitrogen and oxygen atoms in total. The number of ether oxygens (including phenoxy) is 3. The molecule has 0 atom stereocenters. The van der Waals surface area contributed by atoms with Crippen molar-refractivity contribution in [2.24, 2.45) is 5.92 Å². The number of esters is 1. The van der Waals surface area contributed by atoms with Gasteiger partial charge in [0, 0.05) is 55.1 Å². The van der Waals surface area contributed by atoms with Crippen molar-refractivity contribution in [2.45, 2.75) is 51.2 Å². The number of pyridine rings is 1. The molecule has 2 saturated heterocycles. The fourth-order valence-corrected chi connectivity index (χ4v) is 6.65. The highest BCUT2D eigenvalue weighted by Gasteiger charge is 2.34. The van der Waals surface area contributed by atoms with E-state index in [9.17, 15) is 14.7 Å². The Labute approximate surface area is 274 Å². The lowest BCUT2D eigenvalue weighted by Crippen LogP contribution is -2.42. The standard InChI is InChI=1S/C36H40ClN3O6/c1-2-44-34(41)25-13-19-40(20-14-25)35(42)46-28-11-12-33-31(23-28)29(30-5-3-17-38-32(30)24-45-33)6-4-18-39-21-15-36(43,16-22-39)26-7-9-27(37)10-8-26/h3,5-12,17,23,25,43H,2,4,13-16,18-22,24H2,1H3/b29-6+. The number of carbonyl (C=O) groups excluding carboxylic acids is 2. The smallest absolute Gasteiger partial charge is 0.415 e. The van der Waals surface area contributed by atoms with Gasteiger partial charge in [0.05, 0.1) is 23.8 Å². The molecule has 2 fully saturated rings. The molecule has 0 bridgehead atoms. The molecule has 0 unspecified atom stereocenters. The molecule has 0 saturated carbocycles. The van der Waals surface area contributed by atoms with Gasteiger partial charge in [-0.1, -0.05) is 35.9 Å². The van der Waals surface area contributed by atoms with Crippen LogP contribution in [0.15, 0.2) is 66.9 Å². The van der Waals surface area contributed by atoms with Crippen LogP contribution in [-0.2, 0) is 21.7 Å². The average Bonchev–Trinajstić information content (AvgIpc) is 3.23. The molecule has 1 amide bonds. The summed E-state index contributed by atoms with van der Waals surface area (Å²) in [4.78, 5) is 33.8. The number of fused-ring (bicyclic) bond motifs is 2. The van der Waals surface area contributed by atoms with Crippen molar-refractivity contribution in [1.29, 1.82) is 0 Å². The topological polar surface area (TPSA) is 101 Å². The number of hydrogen-bond donors (Lipinski definition) is 1. The summed E-state index contributed by atoms with van der Waals surface area (Å²) < 4.78 is 17.1. The van der Waals surface area contributed by atoms with Crippen molar-refractivity contribution in [1.82, 2.24) is 14.8 Å². The molecule has 4 heterocycles. The van der Waals surface area contributed by atoms with Gasteiger partial charge in [0.15, 0.2) is 0 Å². The SMILES string of the molecule is CCOC(=O)C1CCN(C(=O)Oc2ccc3c(c2)/C(=C/CCN2CCC(O)(c4ccc(Cl)cc4)CC2)c2cccnc2CO3)CC1. The zero-order valence-corrected chi connectivity index (χ0v) is 26.9. The Balaban J connectivity index is 1.14. The van der Waals surface area contributed by atoms with Gasteiger partial charge >= 0.3 is 12.1 Å². The minimum atomic E-state index is -0.841. The van der Waals surface area contributed by atoms with Crippen LogP contribution in [0.5, 0.6) is 11.5 Å². The van der Waals surface area contributed by atoms with Crippen LogP contribution in [0.1, 0.15) is 61.4 Å². The summed E-state index contributed by atoms with van der Waals surface area (Å²) in [5.41, 5.74) is 3.73. The van der Waals surface area contributed by atoms with Gasteiger partial charge in [-0.15, -0.1) is 0 Å². The first-order chi connectivity index (χ1) is 22.3. The Hall–Kier alpha value is -3.92. The molecule has 10 heteroatoms. The summed E-state index contributed by atoms with van der Waals surface area (Å²) in [5, 5.41) is 12.0. The predicted octanol–water partition coefficient (Wildman–Crippen LogP) is 6.21. The van der Waals surface area contributed by atoms with Crippen molar-refractivity contribution in [3.8, 4) is 11.5 Å². The number of rotatable bonds is 7. The summed E-state index contributed by atoms with van der Waals surface area (Å²) in [6.45, 7) is 5.78. The van der Waals surface area contributed by atoms with Gasteiger partial charge in [-0.3, -0.25) is 9.78 Å². The Morgan fingerprint density at radius 2 is 1.83 bits per heavy atom. The minimum absolute atomic E-state index is 0.186. The van der Waals surface area contributed by atoms with E-state index in [1.807, 2.05) is 48.5 Å². The lowest BCUT2D eigenvalue weighted by molar-refractivity contribution is -0.149. The largest absolute Gasteiger partial charge is 0.487 e. The Kier molecular flexibility index (Phi) is 9.92. The molecule has 46 heavy (non-hydrogen) atoms. The molecule has 242 valence electrons. The van der Waals surface area contributed by atoms with E-state index in [1.54, 1.807) is 24.1 Å². The second-order valence-electron chi connectivity index (χ2n) is 12.1. The first-order valence-electron chi connectivity index (χ1n) is 16.1. The van der Waals surface area contributed by atoms with E-state index in [0.717, 1.165) is 54.0 Å².